The summed E-state index contributed by atoms with van der Waals surface area (Å²) in [5.74, 6) is 0. The average molecular weight is 218 g/mol. The molecule has 5 heteroatoms. The second-order valence-electron chi connectivity index (χ2n) is 3.67. The number of hydrogen-bond donors (Lipinski definition) is 1. The maximum Gasteiger partial charge on any atom is 0.427 e. The Bertz CT molecular complexity index is 165. The number of hydrogen-bond acceptors (Lipinski definition) is 4. The fourth-order valence-electron chi connectivity index (χ4n) is 2.10. The molecule has 0 spiro atoms. The van der Waals surface area contributed by atoms with Crippen LogP contribution < -0.4 is 5.32 Å². The first-order chi connectivity index (χ1) is 6.79. The second kappa shape index (κ2) is 5.82. The molecule has 84 valence electrons. The molecule has 1 rings (SSSR count). The highest BCUT2D eigenvalue weighted by Gasteiger charge is 2.46. The summed E-state index contributed by atoms with van der Waals surface area (Å²) in [6.07, 6.45) is 2.38. The Morgan fingerprint density at radius 1 is 1.36 bits per heavy atom. The van der Waals surface area contributed by atoms with Gasteiger partial charge >= 0.3 is 8.72 Å². The Kier molecular flexibility index (Phi) is 5.04. The molecule has 0 aliphatic carbocycles. The smallest absolute Gasteiger partial charge is 0.386 e. The van der Waals surface area contributed by atoms with E-state index < -0.39 is 8.72 Å². The minimum absolute atomic E-state index is 1.06. The molecule has 1 aliphatic rings. The van der Waals surface area contributed by atoms with Gasteiger partial charge in [0.1, 0.15) is 0 Å². The van der Waals surface area contributed by atoms with Crippen LogP contribution in [0.3, 0.4) is 0 Å². The van der Waals surface area contributed by atoms with Gasteiger partial charge < -0.3 is 14.2 Å². The van der Waals surface area contributed by atoms with Gasteiger partial charge in [0, 0.05) is 20.3 Å². The van der Waals surface area contributed by atoms with Gasteiger partial charge in [-0.25, -0.2) is 0 Å². The van der Waals surface area contributed by atoms with Crippen molar-refractivity contribution in [3.63, 3.8) is 0 Å². The predicted octanol–water partition coefficient (Wildman–Crippen LogP) is 0.533. The van der Waals surface area contributed by atoms with E-state index in [2.05, 4.69) is 9.88 Å². The largest absolute Gasteiger partial charge is 0.427 e. The number of rotatable bonds is 6. The first kappa shape index (κ1) is 12.1. The summed E-state index contributed by atoms with van der Waals surface area (Å²) in [4.78, 5) is 0. The minimum atomic E-state index is -1.95. The van der Waals surface area contributed by atoms with Crippen LogP contribution in [0.5, 0.6) is 0 Å². The van der Waals surface area contributed by atoms with E-state index in [9.17, 15) is 0 Å². The quantitative estimate of drug-likeness (QED) is 0.521. The standard InChI is InChI=1S/C9H22N2O2Si/c1-10-6-4-7-11-8-5-9-14(11,12-2)13-3/h10H,4-9H2,1-3H3. The third-order valence-electron chi connectivity index (χ3n) is 2.90. The summed E-state index contributed by atoms with van der Waals surface area (Å²) in [5, 5.41) is 3.16. The topological polar surface area (TPSA) is 33.7 Å². The number of nitrogens with zero attached hydrogens (tertiary/aromatic N) is 1. The first-order valence-corrected chi connectivity index (χ1v) is 7.26. The lowest BCUT2D eigenvalue weighted by Gasteiger charge is -2.31. The zero-order valence-corrected chi connectivity index (χ0v) is 10.5. The third-order valence-corrected chi connectivity index (χ3v) is 6.57. The van der Waals surface area contributed by atoms with Crippen LogP contribution in [0.1, 0.15) is 12.8 Å². The molecule has 0 bridgehead atoms. The Morgan fingerprint density at radius 2 is 2.07 bits per heavy atom. The first-order valence-electron chi connectivity index (χ1n) is 5.29. The fraction of sp³-hybridized carbons (Fsp3) is 1.00. The van der Waals surface area contributed by atoms with Crippen LogP contribution >= 0.6 is 0 Å². The lowest BCUT2D eigenvalue weighted by Crippen LogP contribution is -2.53. The third kappa shape index (κ3) is 2.55. The van der Waals surface area contributed by atoms with Crippen molar-refractivity contribution >= 4 is 8.72 Å². The van der Waals surface area contributed by atoms with Gasteiger partial charge in [-0.1, -0.05) is 0 Å². The molecule has 14 heavy (non-hydrogen) atoms. The van der Waals surface area contributed by atoms with Crippen LogP contribution in [0.2, 0.25) is 6.04 Å². The van der Waals surface area contributed by atoms with Gasteiger partial charge in [-0.3, -0.25) is 4.57 Å². The SMILES string of the molecule is CNCCCN1CCC[Si]1(OC)OC. The second-order valence-corrected chi connectivity index (χ2v) is 7.04. The summed E-state index contributed by atoms with van der Waals surface area (Å²) < 4.78 is 13.6. The van der Waals surface area contributed by atoms with Gasteiger partial charge in [0.05, 0.1) is 0 Å². The van der Waals surface area contributed by atoms with E-state index in [-0.39, 0.29) is 0 Å². The van der Waals surface area contributed by atoms with E-state index in [1.165, 1.54) is 6.42 Å². The summed E-state index contributed by atoms with van der Waals surface area (Å²) in [6.45, 7) is 3.29. The van der Waals surface area contributed by atoms with Crippen LogP contribution in [0, 0.1) is 0 Å². The van der Waals surface area contributed by atoms with E-state index in [1.807, 2.05) is 7.05 Å². The molecule has 1 aliphatic heterocycles. The van der Waals surface area contributed by atoms with Gasteiger partial charge in [0.15, 0.2) is 0 Å². The average Bonchev–Trinajstić information content (AvgIpc) is 2.62. The van der Waals surface area contributed by atoms with Crippen LogP contribution in [0.25, 0.3) is 0 Å². The maximum absolute atomic E-state index is 5.61. The highest BCUT2D eigenvalue weighted by atomic mass is 28.4. The van der Waals surface area contributed by atoms with Crippen molar-refractivity contribution in [1.29, 1.82) is 0 Å². The number of nitrogens with one attached hydrogen (secondary N) is 1. The van der Waals surface area contributed by atoms with Crippen molar-refractivity contribution in [3.8, 4) is 0 Å². The Labute approximate surface area is 87.9 Å². The molecule has 0 amide bonds. The zero-order chi connectivity index (χ0) is 10.4. The lowest BCUT2D eigenvalue weighted by atomic mass is 10.4. The Balaban J connectivity index is 2.41. The zero-order valence-electron chi connectivity index (χ0n) is 9.51. The summed E-state index contributed by atoms with van der Waals surface area (Å²) in [5.41, 5.74) is 0. The Hall–Kier alpha value is 0.0569. The molecular formula is C9H22N2O2Si. The summed E-state index contributed by atoms with van der Waals surface area (Å²) >= 11 is 0. The molecule has 0 atom stereocenters. The molecule has 1 saturated heterocycles. The molecule has 0 aromatic heterocycles. The van der Waals surface area contributed by atoms with Gasteiger partial charge in [0.2, 0.25) is 0 Å². The Morgan fingerprint density at radius 3 is 2.64 bits per heavy atom. The van der Waals surface area contributed by atoms with E-state index in [0.717, 1.165) is 32.1 Å². The molecule has 4 nitrogen and oxygen atoms in total. The van der Waals surface area contributed by atoms with Gasteiger partial charge in [0.25, 0.3) is 0 Å². The predicted molar refractivity (Wildman–Crippen MR) is 59.3 cm³/mol. The van der Waals surface area contributed by atoms with E-state index in [0.29, 0.717) is 0 Å². The molecule has 0 radical (unpaired) electrons. The molecular weight excluding hydrogens is 196 g/mol. The highest BCUT2D eigenvalue weighted by molar-refractivity contribution is 6.65. The van der Waals surface area contributed by atoms with Crippen molar-refractivity contribution in [3.05, 3.63) is 0 Å². The van der Waals surface area contributed by atoms with Crippen molar-refractivity contribution in [2.75, 3.05) is 40.9 Å². The molecule has 1 fully saturated rings. The van der Waals surface area contributed by atoms with E-state index >= 15 is 0 Å². The van der Waals surface area contributed by atoms with Crippen LogP contribution in [-0.2, 0) is 8.85 Å². The molecule has 1 heterocycles. The van der Waals surface area contributed by atoms with Gasteiger partial charge in [-0.15, -0.1) is 0 Å². The van der Waals surface area contributed by atoms with Crippen molar-refractivity contribution in [1.82, 2.24) is 9.88 Å². The van der Waals surface area contributed by atoms with Crippen LogP contribution in [0.4, 0.5) is 0 Å². The summed E-state index contributed by atoms with van der Waals surface area (Å²) in [6, 6.07) is 1.11. The molecule has 0 saturated carbocycles. The fourth-order valence-corrected chi connectivity index (χ4v) is 5.11. The van der Waals surface area contributed by atoms with Crippen molar-refractivity contribution in [2.45, 2.75) is 18.9 Å². The van der Waals surface area contributed by atoms with Crippen molar-refractivity contribution < 1.29 is 8.85 Å². The highest BCUT2D eigenvalue weighted by Crippen LogP contribution is 2.26. The van der Waals surface area contributed by atoms with E-state index in [1.54, 1.807) is 14.2 Å². The van der Waals surface area contributed by atoms with Gasteiger partial charge in [-0.2, -0.15) is 0 Å². The monoisotopic (exact) mass is 218 g/mol. The summed E-state index contributed by atoms with van der Waals surface area (Å²) in [7, 11) is 3.60. The lowest BCUT2D eigenvalue weighted by molar-refractivity contribution is 0.181. The molecule has 1 N–H and O–H groups in total. The van der Waals surface area contributed by atoms with Crippen LogP contribution in [-0.4, -0.2) is 54.2 Å². The van der Waals surface area contributed by atoms with Crippen molar-refractivity contribution in [2.24, 2.45) is 0 Å². The maximum atomic E-state index is 5.61. The minimum Gasteiger partial charge on any atom is -0.386 e. The normalized spacial score (nSPS) is 21.6. The van der Waals surface area contributed by atoms with E-state index in [4.69, 9.17) is 8.85 Å². The molecule has 0 aromatic carbocycles. The van der Waals surface area contributed by atoms with Gasteiger partial charge in [-0.05, 0) is 39.5 Å². The molecule has 0 aromatic rings. The van der Waals surface area contributed by atoms with Crippen LogP contribution in [0.15, 0.2) is 0 Å². The molecule has 0 unspecified atom stereocenters.